The predicted octanol–water partition coefficient (Wildman–Crippen LogP) is -2.40. The minimum absolute atomic E-state index is 0.0699. The highest BCUT2D eigenvalue weighted by atomic mass is 31.2. The summed E-state index contributed by atoms with van der Waals surface area (Å²) in [6.07, 6.45) is -3.59. The number of phosphoric acid groups is 1. The zero-order chi connectivity index (χ0) is 31.4. The summed E-state index contributed by atoms with van der Waals surface area (Å²) in [5.74, 6) is -0.262. The molecule has 4 aromatic rings. The first kappa shape index (κ1) is 29.8. The highest BCUT2D eigenvalue weighted by Crippen LogP contribution is 2.53. The third kappa shape index (κ3) is 4.82. The number of rotatable bonds is 9. The van der Waals surface area contributed by atoms with Gasteiger partial charge in [0.05, 0.1) is 38.6 Å². The number of aliphatic hydroxyl groups is 3. The lowest BCUT2D eigenvalue weighted by Gasteiger charge is -2.34. The summed E-state index contributed by atoms with van der Waals surface area (Å²) in [7, 11) is -5.24. The van der Waals surface area contributed by atoms with Crippen LogP contribution in [0.15, 0.2) is 28.9 Å². The standard InChI is InChI=1S/C20H24N13O10P/c21-14-9-15(25-4-24-14)32(5-26-9)18-12(36)11(35)8(42-18)2-41-44(38,39)43-20(3-40-7(1-34)13(20)30-31-23)33-6-27-10-16(33)28-19(22)29-17(10)37/h4-8,11-13,18,34-36H,1-3H2,(H,38,39)(H2,21,24,25)(H3,22,28,29,37)/t7-,8-,11-,12-,13?,18-,20+/m1/s1. The van der Waals surface area contributed by atoms with Gasteiger partial charge >= 0.3 is 7.82 Å². The van der Waals surface area contributed by atoms with Crippen molar-refractivity contribution < 1.29 is 43.3 Å². The summed E-state index contributed by atoms with van der Waals surface area (Å²) in [4.78, 5) is 48.2. The van der Waals surface area contributed by atoms with Crippen LogP contribution < -0.4 is 17.0 Å². The number of imidazole rings is 2. The summed E-state index contributed by atoms with van der Waals surface area (Å²) >= 11 is 0. The van der Waals surface area contributed by atoms with Crippen molar-refractivity contribution in [3.8, 4) is 0 Å². The average molecular weight is 637 g/mol. The number of nitrogens with zero attached hydrogens (tertiary/aromatic N) is 10. The second-order valence-corrected chi connectivity index (χ2v) is 11.1. The average Bonchev–Trinajstić information content (AvgIpc) is 3.74. The zero-order valence-electron chi connectivity index (χ0n) is 22.1. The fourth-order valence-corrected chi connectivity index (χ4v) is 6.19. The maximum absolute atomic E-state index is 13.4. The first-order valence-corrected chi connectivity index (χ1v) is 14.1. The predicted molar refractivity (Wildman–Crippen MR) is 143 cm³/mol. The number of azide groups is 1. The highest BCUT2D eigenvalue weighted by Gasteiger charge is 2.57. The van der Waals surface area contributed by atoms with Gasteiger partial charge in [0.25, 0.3) is 5.56 Å². The molecule has 2 fully saturated rings. The van der Waals surface area contributed by atoms with Gasteiger partial charge in [-0.15, -0.1) is 0 Å². The van der Waals surface area contributed by atoms with E-state index in [2.05, 4.69) is 39.9 Å². The molecule has 2 saturated heterocycles. The number of nitrogen functional groups attached to an aromatic ring is 2. The van der Waals surface area contributed by atoms with Gasteiger partial charge in [-0.25, -0.2) is 24.5 Å². The zero-order valence-corrected chi connectivity index (χ0v) is 23.0. The van der Waals surface area contributed by atoms with E-state index in [9.17, 15) is 35.1 Å². The molecule has 44 heavy (non-hydrogen) atoms. The molecule has 0 radical (unpaired) electrons. The molecule has 23 nitrogen and oxygen atoms in total. The molecular weight excluding hydrogens is 613 g/mol. The first-order chi connectivity index (χ1) is 21.0. The van der Waals surface area contributed by atoms with Crippen molar-refractivity contribution >= 4 is 41.9 Å². The number of aromatic amines is 1. The Labute approximate surface area is 243 Å². The molecule has 6 rings (SSSR count). The highest BCUT2D eigenvalue weighted by molar-refractivity contribution is 7.47. The molecule has 2 aliphatic heterocycles. The molecule has 0 aliphatic carbocycles. The van der Waals surface area contributed by atoms with Crippen molar-refractivity contribution in [3.05, 3.63) is 39.8 Å². The van der Waals surface area contributed by atoms with E-state index in [1.807, 2.05) is 0 Å². The van der Waals surface area contributed by atoms with E-state index < -0.39 is 75.6 Å². The van der Waals surface area contributed by atoms with Crippen LogP contribution >= 0.6 is 7.82 Å². The fraction of sp³-hybridized carbons (Fsp3) is 0.500. The molecule has 9 N–H and O–H groups in total. The lowest BCUT2D eigenvalue weighted by atomic mass is 10.0. The summed E-state index contributed by atoms with van der Waals surface area (Å²) in [5.41, 5.74) is 17.7. The Morgan fingerprint density at radius 1 is 1.18 bits per heavy atom. The van der Waals surface area contributed by atoms with E-state index >= 15 is 0 Å². The Balaban J connectivity index is 1.28. The topological polar surface area (TPSA) is 343 Å². The van der Waals surface area contributed by atoms with Crippen LogP contribution in [0.1, 0.15) is 6.23 Å². The van der Waals surface area contributed by atoms with Crippen LogP contribution in [0.3, 0.4) is 0 Å². The smallest absolute Gasteiger partial charge is 0.394 e. The van der Waals surface area contributed by atoms with Crippen molar-refractivity contribution in [2.75, 3.05) is 31.3 Å². The summed E-state index contributed by atoms with van der Waals surface area (Å²) in [5, 5.41) is 34.8. The number of ether oxygens (including phenoxy) is 2. The van der Waals surface area contributed by atoms with Gasteiger partial charge in [0, 0.05) is 4.91 Å². The van der Waals surface area contributed by atoms with Crippen molar-refractivity contribution in [3.63, 3.8) is 0 Å². The van der Waals surface area contributed by atoms with Crippen molar-refractivity contribution in [1.29, 1.82) is 0 Å². The van der Waals surface area contributed by atoms with E-state index in [0.29, 0.717) is 0 Å². The van der Waals surface area contributed by atoms with Crippen LogP contribution in [0, 0.1) is 0 Å². The summed E-state index contributed by atoms with van der Waals surface area (Å²) in [6, 6.07) is -1.52. The number of H-pyrrole nitrogens is 1. The SMILES string of the molecule is [N-]=[N+]=NC1[C@@H](CO)OC[C@@]1(OP(=O)(O)OC[C@H]1O[C@@H](n2cnc3c(N)ncnc32)[C@H](O)[C@@H]1O)n1cnc2c(=O)[nH]c(N)nc21. The third-order valence-corrected chi connectivity index (χ3v) is 8.20. The van der Waals surface area contributed by atoms with Crippen LogP contribution in [0.5, 0.6) is 0 Å². The van der Waals surface area contributed by atoms with Crippen molar-refractivity contribution in [1.82, 2.24) is 39.0 Å². The van der Waals surface area contributed by atoms with Gasteiger partial charge in [-0.1, -0.05) is 5.11 Å². The molecule has 8 atom stereocenters. The Morgan fingerprint density at radius 2 is 1.95 bits per heavy atom. The number of hydrogen-bond donors (Lipinski definition) is 7. The molecule has 0 aromatic carbocycles. The second-order valence-electron chi connectivity index (χ2n) is 9.75. The summed E-state index contributed by atoms with van der Waals surface area (Å²) < 4.78 is 37.7. The number of aliphatic hydroxyl groups excluding tert-OH is 3. The van der Waals surface area contributed by atoms with Gasteiger partial charge in [0.2, 0.25) is 5.95 Å². The molecule has 234 valence electrons. The van der Waals surface area contributed by atoms with Crippen molar-refractivity contribution in [2.45, 2.75) is 42.4 Å². The number of hydrogen-bond acceptors (Lipinski definition) is 17. The van der Waals surface area contributed by atoms with E-state index in [0.717, 1.165) is 10.9 Å². The van der Waals surface area contributed by atoms with Gasteiger partial charge in [-0.05, 0) is 5.53 Å². The quantitative estimate of drug-likeness (QED) is 0.0435. The first-order valence-electron chi connectivity index (χ1n) is 12.6. The Bertz CT molecular complexity index is 1880. The van der Waals surface area contributed by atoms with E-state index in [1.54, 1.807) is 0 Å². The van der Waals surface area contributed by atoms with Crippen LogP contribution in [-0.4, -0.2) is 110 Å². The minimum atomic E-state index is -5.24. The normalized spacial score (nSPS) is 30.1. The van der Waals surface area contributed by atoms with Crippen LogP contribution in [-0.2, 0) is 28.8 Å². The van der Waals surface area contributed by atoms with Crippen LogP contribution in [0.2, 0.25) is 0 Å². The monoisotopic (exact) mass is 637 g/mol. The number of aromatic nitrogens is 8. The Hall–Kier alpha value is -4.28. The lowest BCUT2D eigenvalue weighted by Crippen LogP contribution is -2.47. The maximum Gasteiger partial charge on any atom is 0.474 e. The molecule has 24 heteroatoms. The van der Waals surface area contributed by atoms with Gasteiger partial charge < -0.3 is 41.2 Å². The van der Waals surface area contributed by atoms with E-state index in [-0.39, 0.29) is 34.1 Å². The van der Waals surface area contributed by atoms with Gasteiger partial charge in [0.1, 0.15) is 36.2 Å². The Kier molecular flexibility index (Phi) is 7.45. The molecule has 0 saturated carbocycles. The molecule has 2 unspecified atom stereocenters. The number of phosphoric ester groups is 1. The molecule has 6 heterocycles. The van der Waals surface area contributed by atoms with E-state index in [4.69, 9.17) is 30.0 Å². The summed E-state index contributed by atoms with van der Waals surface area (Å²) in [6.45, 7) is -2.11. The molecule has 2 aliphatic rings. The molecule has 0 amide bonds. The molecule has 0 spiro atoms. The van der Waals surface area contributed by atoms with Crippen LogP contribution in [0.4, 0.5) is 11.8 Å². The largest absolute Gasteiger partial charge is 0.474 e. The maximum atomic E-state index is 13.4. The van der Waals surface area contributed by atoms with Gasteiger partial charge in [-0.2, -0.15) is 4.98 Å². The molecule has 0 bridgehead atoms. The third-order valence-electron chi connectivity index (χ3n) is 7.18. The van der Waals surface area contributed by atoms with E-state index in [1.165, 1.54) is 17.2 Å². The number of nitrogens with one attached hydrogen (secondary N) is 1. The molecular formula is C20H24N13O10P. The Morgan fingerprint density at radius 3 is 2.70 bits per heavy atom. The lowest BCUT2D eigenvalue weighted by molar-refractivity contribution is -0.0724. The van der Waals surface area contributed by atoms with Gasteiger partial charge in [-0.3, -0.25) is 28.0 Å². The number of fused-ring (bicyclic) bond motifs is 2. The second kappa shape index (κ2) is 11.0. The number of anilines is 2. The fourth-order valence-electron chi connectivity index (χ4n) is 5.15. The molecule has 4 aromatic heterocycles. The van der Waals surface area contributed by atoms with Gasteiger partial charge in [0.15, 0.2) is 34.6 Å². The van der Waals surface area contributed by atoms with Crippen LogP contribution in [0.25, 0.3) is 32.8 Å². The van der Waals surface area contributed by atoms with Crippen molar-refractivity contribution in [2.24, 2.45) is 5.11 Å². The number of nitrogens with two attached hydrogens (primary N) is 2. The minimum Gasteiger partial charge on any atom is -0.394 e.